The maximum Gasteiger partial charge on any atom is 0.338 e. The molecule has 4 aromatic rings. The smallest absolute Gasteiger partial charge is 0.338 e. The number of carboxylic acid groups (broad SMARTS) is 1. The van der Waals surface area contributed by atoms with Crippen molar-refractivity contribution in [2.45, 2.75) is 6.92 Å². The lowest BCUT2D eigenvalue weighted by Gasteiger charge is -2.01. The van der Waals surface area contributed by atoms with Gasteiger partial charge in [0.25, 0.3) is 0 Å². The third-order valence-corrected chi connectivity index (χ3v) is 3.72. The van der Waals surface area contributed by atoms with Crippen molar-refractivity contribution in [3.8, 4) is 0 Å². The van der Waals surface area contributed by atoms with Gasteiger partial charge >= 0.3 is 5.97 Å². The number of aryl methyl sites for hydroxylation is 1. The molecule has 0 fully saturated rings. The van der Waals surface area contributed by atoms with Gasteiger partial charge in [0, 0.05) is 10.8 Å². The number of aromatic carboxylic acids is 1. The van der Waals surface area contributed by atoms with Gasteiger partial charge in [-0.3, -0.25) is 0 Å². The lowest BCUT2D eigenvalue weighted by atomic mass is 10.1. The standard InChI is InChI=1S/C16H11NO3/c1-8-6-7-10-13(12(8)16(18)19)17-14-9-4-2-3-5-11(9)20-15(10)14/h2-7,17H,1H3,(H,18,19). The first-order valence-corrected chi connectivity index (χ1v) is 6.32. The van der Waals surface area contributed by atoms with Gasteiger partial charge in [-0.2, -0.15) is 0 Å². The molecule has 4 heteroatoms. The van der Waals surface area contributed by atoms with Crippen molar-refractivity contribution >= 4 is 38.9 Å². The fourth-order valence-electron chi connectivity index (χ4n) is 2.79. The summed E-state index contributed by atoms with van der Waals surface area (Å²) in [5.41, 5.74) is 4.02. The minimum atomic E-state index is -0.929. The Balaban J connectivity index is 2.25. The summed E-state index contributed by atoms with van der Waals surface area (Å²) in [7, 11) is 0. The van der Waals surface area contributed by atoms with E-state index in [1.807, 2.05) is 36.4 Å². The average Bonchev–Trinajstić information content (AvgIpc) is 2.93. The molecule has 0 bridgehead atoms. The highest BCUT2D eigenvalue weighted by atomic mass is 16.4. The van der Waals surface area contributed by atoms with E-state index in [-0.39, 0.29) is 0 Å². The number of carbonyl (C=O) groups is 1. The largest absolute Gasteiger partial charge is 0.478 e. The van der Waals surface area contributed by atoms with E-state index in [4.69, 9.17) is 4.42 Å². The predicted molar refractivity (Wildman–Crippen MR) is 77.3 cm³/mol. The van der Waals surface area contributed by atoms with E-state index < -0.39 is 5.97 Å². The van der Waals surface area contributed by atoms with Gasteiger partial charge in [0.2, 0.25) is 0 Å². The van der Waals surface area contributed by atoms with Crippen molar-refractivity contribution < 1.29 is 14.3 Å². The van der Waals surface area contributed by atoms with E-state index in [0.717, 1.165) is 27.4 Å². The molecule has 0 saturated carbocycles. The molecule has 0 amide bonds. The number of aromatic nitrogens is 1. The summed E-state index contributed by atoms with van der Waals surface area (Å²) in [5, 5.41) is 11.2. The molecule has 0 aliphatic rings. The van der Waals surface area contributed by atoms with E-state index in [1.54, 1.807) is 6.92 Å². The molecule has 0 atom stereocenters. The van der Waals surface area contributed by atoms with Gasteiger partial charge in [0.15, 0.2) is 5.58 Å². The zero-order valence-electron chi connectivity index (χ0n) is 10.7. The number of hydrogen-bond donors (Lipinski definition) is 2. The molecule has 0 spiro atoms. The van der Waals surface area contributed by atoms with Gasteiger partial charge in [-0.25, -0.2) is 4.79 Å². The topological polar surface area (TPSA) is 66.2 Å². The molecule has 98 valence electrons. The minimum Gasteiger partial charge on any atom is -0.478 e. The molecule has 2 aromatic heterocycles. The number of rotatable bonds is 1. The first-order valence-electron chi connectivity index (χ1n) is 6.32. The molecule has 0 aliphatic heterocycles. The first-order chi connectivity index (χ1) is 9.66. The fourth-order valence-corrected chi connectivity index (χ4v) is 2.79. The van der Waals surface area contributed by atoms with E-state index >= 15 is 0 Å². The third kappa shape index (κ3) is 1.28. The molecule has 0 radical (unpaired) electrons. The number of carboxylic acids is 1. The summed E-state index contributed by atoms with van der Waals surface area (Å²) in [6.45, 7) is 1.80. The summed E-state index contributed by atoms with van der Waals surface area (Å²) in [6.07, 6.45) is 0. The summed E-state index contributed by atoms with van der Waals surface area (Å²) in [4.78, 5) is 14.7. The Bertz CT molecular complexity index is 991. The Morgan fingerprint density at radius 3 is 2.70 bits per heavy atom. The van der Waals surface area contributed by atoms with E-state index in [1.165, 1.54) is 0 Å². The van der Waals surface area contributed by atoms with Crippen LogP contribution >= 0.6 is 0 Å². The number of furan rings is 1. The maximum atomic E-state index is 11.4. The zero-order valence-corrected chi connectivity index (χ0v) is 10.7. The van der Waals surface area contributed by atoms with Crippen LogP contribution in [0.5, 0.6) is 0 Å². The highest BCUT2D eigenvalue weighted by molar-refractivity contribution is 6.18. The molecule has 0 saturated heterocycles. The normalized spacial score (nSPS) is 11.7. The summed E-state index contributed by atoms with van der Waals surface area (Å²) < 4.78 is 5.86. The highest BCUT2D eigenvalue weighted by Crippen LogP contribution is 2.35. The van der Waals surface area contributed by atoms with Crippen LogP contribution in [0.1, 0.15) is 15.9 Å². The van der Waals surface area contributed by atoms with Crippen LogP contribution in [0.4, 0.5) is 0 Å². The van der Waals surface area contributed by atoms with Crippen molar-refractivity contribution in [2.75, 3.05) is 0 Å². The molecule has 20 heavy (non-hydrogen) atoms. The van der Waals surface area contributed by atoms with Crippen LogP contribution in [0, 0.1) is 6.92 Å². The van der Waals surface area contributed by atoms with E-state index in [2.05, 4.69) is 4.98 Å². The summed E-state index contributed by atoms with van der Waals surface area (Å²) in [5.74, 6) is -0.929. The number of benzene rings is 2. The molecule has 0 unspecified atom stereocenters. The second-order valence-corrected chi connectivity index (χ2v) is 4.91. The Kier molecular flexibility index (Phi) is 2.02. The number of H-pyrrole nitrogens is 1. The molecule has 2 aromatic carbocycles. The number of nitrogens with one attached hydrogen (secondary N) is 1. The Labute approximate surface area is 113 Å². The average molecular weight is 265 g/mol. The molecule has 2 heterocycles. The molecule has 4 nitrogen and oxygen atoms in total. The van der Waals surface area contributed by atoms with Crippen LogP contribution in [-0.2, 0) is 0 Å². The van der Waals surface area contributed by atoms with Crippen LogP contribution in [0.3, 0.4) is 0 Å². The van der Waals surface area contributed by atoms with Crippen molar-refractivity contribution in [3.05, 3.63) is 47.5 Å². The lowest BCUT2D eigenvalue weighted by Crippen LogP contribution is -2.00. The second kappa shape index (κ2) is 3.63. The maximum absolute atomic E-state index is 11.4. The van der Waals surface area contributed by atoms with Crippen molar-refractivity contribution in [1.29, 1.82) is 0 Å². The Hall–Kier alpha value is -2.75. The quantitative estimate of drug-likeness (QED) is 0.545. The van der Waals surface area contributed by atoms with Gasteiger partial charge < -0.3 is 14.5 Å². The Morgan fingerprint density at radius 1 is 1.10 bits per heavy atom. The number of fused-ring (bicyclic) bond motifs is 5. The summed E-state index contributed by atoms with van der Waals surface area (Å²) in [6, 6.07) is 11.4. The third-order valence-electron chi connectivity index (χ3n) is 3.72. The van der Waals surface area contributed by atoms with Crippen LogP contribution in [0.15, 0.2) is 40.8 Å². The van der Waals surface area contributed by atoms with Gasteiger partial charge in [-0.05, 0) is 30.7 Å². The van der Waals surface area contributed by atoms with Crippen LogP contribution in [0.25, 0.3) is 33.0 Å². The van der Waals surface area contributed by atoms with Crippen molar-refractivity contribution in [2.24, 2.45) is 0 Å². The van der Waals surface area contributed by atoms with E-state index in [0.29, 0.717) is 16.7 Å². The monoisotopic (exact) mass is 265 g/mol. The van der Waals surface area contributed by atoms with Gasteiger partial charge in [-0.15, -0.1) is 0 Å². The lowest BCUT2D eigenvalue weighted by molar-refractivity contribution is 0.0698. The fraction of sp³-hybridized carbons (Fsp3) is 0.0625. The second-order valence-electron chi connectivity index (χ2n) is 4.91. The number of aromatic amines is 1. The van der Waals surface area contributed by atoms with Gasteiger partial charge in [0.1, 0.15) is 5.58 Å². The first kappa shape index (κ1) is 11.1. The van der Waals surface area contributed by atoms with Gasteiger partial charge in [-0.1, -0.05) is 18.2 Å². The van der Waals surface area contributed by atoms with Crippen LogP contribution < -0.4 is 0 Å². The van der Waals surface area contributed by atoms with Crippen molar-refractivity contribution in [1.82, 2.24) is 4.98 Å². The highest BCUT2D eigenvalue weighted by Gasteiger charge is 2.19. The molecular formula is C16H11NO3. The van der Waals surface area contributed by atoms with E-state index in [9.17, 15) is 9.90 Å². The molecular weight excluding hydrogens is 254 g/mol. The van der Waals surface area contributed by atoms with Crippen LogP contribution in [-0.4, -0.2) is 16.1 Å². The minimum absolute atomic E-state index is 0.304. The molecule has 4 rings (SSSR count). The molecule has 0 aliphatic carbocycles. The molecule has 2 N–H and O–H groups in total. The predicted octanol–water partition coefficient (Wildman–Crippen LogP) is 4.07. The SMILES string of the molecule is Cc1ccc2c([nH]c3c4ccccc4oc23)c1C(=O)O. The summed E-state index contributed by atoms with van der Waals surface area (Å²) >= 11 is 0. The van der Waals surface area contributed by atoms with Crippen molar-refractivity contribution in [3.63, 3.8) is 0 Å². The number of para-hydroxylation sites is 1. The number of hydrogen-bond acceptors (Lipinski definition) is 2. The van der Waals surface area contributed by atoms with Crippen LogP contribution in [0.2, 0.25) is 0 Å². The van der Waals surface area contributed by atoms with Gasteiger partial charge in [0.05, 0.1) is 16.6 Å². The Morgan fingerprint density at radius 2 is 1.90 bits per heavy atom. The zero-order chi connectivity index (χ0) is 13.9.